The van der Waals surface area contributed by atoms with Gasteiger partial charge in [0, 0.05) is 11.4 Å². The molecule has 0 saturated carbocycles. The second kappa shape index (κ2) is 7.42. The van der Waals surface area contributed by atoms with Gasteiger partial charge >= 0.3 is 0 Å². The molecular formula is C20H22N2O2S. The fraction of sp³-hybridized carbons (Fsp3) is 0.300. The van der Waals surface area contributed by atoms with Crippen molar-refractivity contribution in [1.29, 1.82) is 0 Å². The minimum atomic E-state index is -0.408. The lowest BCUT2D eigenvalue weighted by atomic mass is 10.1. The molecule has 0 N–H and O–H groups in total. The van der Waals surface area contributed by atoms with Gasteiger partial charge in [0.05, 0.1) is 18.2 Å². The van der Waals surface area contributed by atoms with Crippen LogP contribution in [0.5, 0.6) is 0 Å². The molecule has 1 aliphatic heterocycles. The Labute approximate surface area is 152 Å². The van der Waals surface area contributed by atoms with E-state index in [2.05, 4.69) is 24.3 Å². The van der Waals surface area contributed by atoms with Gasteiger partial charge in [0.1, 0.15) is 0 Å². The van der Waals surface area contributed by atoms with Crippen LogP contribution in [0.2, 0.25) is 0 Å². The van der Waals surface area contributed by atoms with E-state index in [0.717, 1.165) is 11.1 Å². The van der Waals surface area contributed by atoms with E-state index in [4.69, 9.17) is 0 Å². The minimum Gasteiger partial charge on any atom is -0.290 e. The molecule has 4 nitrogen and oxygen atoms in total. The number of amides is 2. The number of carbonyl (C=O) groups is 2. The van der Waals surface area contributed by atoms with E-state index in [1.165, 1.54) is 9.80 Å². The van der Waals surface area contributed by atoms with Crippen molar-refractivity contribution >= 4 is 29.3 Å². The number of nitrogens with zero attached hydrogens (tertiary/aromatic N) is 2. The van der Waals surface area contributed by atoms with Gasteiger partial charge in [-0.05, 0) is 50.1 Å². The Bertz CT molecular complexity index is 771. The van der Waals surface area contributed by atoms with E-state index in [1.807, 2.05) is 49.4 Å². The van der Waals surface area contributed by atoms with Crippen LogP contribution >= 0.6 is 11.8 Å². The van der Waals surface area contributed by atoms with Crippen LogP contribution in [0.4, 0.5) is 5.69 Å². The van der Waals surface area contributed by atoms with Gasteiger partial charge in [-0.2, -0.15) is 0 Å². The van der Waals surface area contributed by atoms with Crippen molar-refractivity contribution in [1.82, 2.24) is 4.90 Å². The van der Waals surface area contributed by atoms with E-state index < -0.39 is 6.04 Å². The van der Waals surface area contributed by atoms with Crippen molar-refractivity contribution in [2.24, 2.45) is 0 Å². The predicted molar refractivity (Wildman–Crippen MR) is 102 cm³/mol. The van der Waals surface area contributed by atoms with Gasteiger partial charge in [0.2, 0.25) is 5.91 Å². The Morgan fingerprint density at radius 3 is 2.32 bits per heavy atom. The molecule has 3 rings (SSSR count). The molecule has 1 unspecified atom stereocenters. The first kappa shape index (κ1) is 17.7. The lowest BCUT2D eigenvalue weighted by Crippen LogP contribution is -2.39. The standard InChI is InChI=1S/C20H22N2O2S/c1-14-4-8-16(9-5-14)22-19(23)12-18(20(22)24)21(2)13-15-6-10-17(25-3)11-7-15/h4-11,18H,12-13H2,1-3H3. The van der Waals surface area contributed by atoms with Crippen LogP contribution in [-0.4, -0.2) is 36.1 Å². The number of carbonyl (C=O) groups excluding carboxylic acids is 2. The van der Waals surface area contributed by atoms with Crippen LogP contribution < -0.4 is 4.90 Å². The van der Waals surface area contributed by atoms with Gasteiger partial charge in [-0.15, -0.1) is 11.8 Å². The van der Waals surface area contributed by atoms with Gasteiger partial charge in [0.25, 0.3) is 5.91 Å². The molecule has 1 atom stereocenters. The molecule has 2 aromatic rings. The normalized spacial score (nSPS) is 17.6. The molecule has 5 heteroatoms. The van der Waals surface area contributed by atoms with Crippen LogP contribution in [0.1, 0.15) is 17.5 Å². The molecule has 1 saturated heterocycles. The number of benzene rings is 2. The van der Waals surface area contributed by atoms with Crippen LogP contribution in [0.3, 0.4) is 0 Å². The first-order valence-electron chi connectivity index (χ1n) is 8.26. The fourth-order valence-electron chi connectivity index (χ4n) is 3.05. The van der Waals surface area contributed by atoms with Crippen LogP contribution in [0.15, 0.2) is 53.4 Å². The zero-order valence-electron chi connectivity index (χ0n) is 14.7. The highest BCUT2D eigenvalue weighted by molar-refractivity contribution is 7.98. The SMILES string of the molecule is CSc1ccc(CN(C)C2CC(=O)N(c3ccc(C)cc3)C2=O)cc1. The Balaban J connectivity index is 1.73. The second-order valence-electron chi connectivity index (χ2n) is 6.39. The molecule has 0 radical (unpaired) electrons. The molecule has 1 heterocycles. The number of imide groups is 1. The summed E-state index contributed by atoms with van der Waals surface area (Å²) in [4.78, 5) is 29.7. The van der Waals surface area contributed by atoms with E-state index >= 15 is 0 Å². The quantitative estimate of drug-likeness (QED) is 0.609. The van der Waals surface area contributed by atoms with Gasteiger partial charge < -0.3 is 0 Å². The average molecular weight is 354 g/mol. The highest BCUT2D eigenvalue weighted by Gasteiger charge is 2.41. The zero-order chi connectivity index (χ0) is 18.0. The number of rotatable bonds is 5. The summed E-state index contributed by atoms with van der Waals surface area (Å²) < 4.78 is 0. The second-order valence-corrected chi connectivity index (χ2v) is 7.27. The maximum atomic E-state index is 12.8. The molecule has 0 spiro atoms. The monoisotopic (exact) mass is 354 g/mol. The predicted octanol–water partition coefficient (Wildman–Crippen LogP) is 3.48. The summed E-state index contributed by atoms with van der Waals surface area (Å²) in [7, 11) is 1.90. The summed E-state index contributed by atoms with van der Waals surface area (Å²) in [6.45, 7) is 2.62. The maximum Gasteiger partial charge on any atom is 0.251 e. The van der Waals surface area contributed by atoms with Gasteiger partial charge in [-0.1, -0.05) is 29.8 Å². The molecule has 25 heavy (non-hydrogen) atoms. The van der Waals surface area contributed by atoms with Crippen molar-refractivity contribution in [2.75, 3.05) is 18.2 Å². The summed E-state index contributed by atoms with van der Waals surface area (Å²) in [5.41, 5.74) is 2.89. The number of thioether (sulfide) groups is 1. The lowest BCUT2D eigenvalue weighted by Gasteiger charge is -2.23. The molecule has 0 aromatic heterocycles. The van der Waals surface area contributed by atoms with E-state index in [9.17, 15) is 9.59 Å². The van der Waals surface area contributed by atoms with Gasteiger partial charge in [-0.3, -0.25) is 14.5 Å². The van der Waals surface area contributed by atoms with Crippen LogP contribution in [0, 0.1) is 6.92 Å². The largest absolute Gasteiger partial charge is 0.290 e. The highest BCUT2D eigenvalue weighted by atomic mass is 32.2. The summed E-state index contributed by atoms with van der Waals surface area (Å²) >= 11 is 1.70. The zero-order valence-corrected chi connectivity index (χ0v) is 15.5. The molecule has 1 aliphatic rings. The van der Waals surface area contributed by atoms with E-state index in [1.54, 1.807) is 11.8 Å². The maximum absolute atomic E-state index is 12.8. The topological polar surface area (TPSA) is 40.6 Å². The van der Waals surface area contributed by atoms with Crippen molar-refractivity contribution in [3.63, 3.8) is 0 Å². The smallest absolute Gasteiger partial charge is 0.251 e. The third-order valence-electron chi connectivity index (χ3n) is 4.54. The summed E-state index contributed by atoms with van der Waals surface area (Å²) in [5.74, 6) is -0.277. The van der Waals surface area contributed by atoms with Crippen molar-refractivity contribution in [2.45, 2.75) is 30.8 Å². The number of anilines is 1. The average Bonchev–Trinajstić information content (AvgIpc) is 2.91. The van der Waals surface area contributed by atoms with Gasteiger partial charge in [0.15, 0.2) is 0 Å². The van der Waals surface area contributed by atoms with E-state index in [-0.39, 0.29) is 18.2 Å². The number of hydrogen-bond donors (Lipinski definition) is 0. The molecule has 130 valence electrons. The first-order valence-corrected chi connectivity index (χ1v) is 9.48. The highest BCUT2D eigenvalue weighted by Crippen LogP contribution is 2.26. The molecule has 0 bridgehead atoms. The summed E-state index contributed by atoms with van der Waals surface area (Å²) in [6.07, 6.45) is 2.27. The van der Waals surface area contributed by atoms with Crippen molar-refractivity contribution < 1.29 is 9.59 Å². The summed E-state index contributed by atoms with van der Waals surface area (Å²) in [5, 5.41) is 0. The Kier molecular flexibility index (Phi) is 5.25. The Hall–Kier alpha value is -2.11. The molecular weight excluding hydrogens is 332 g/mol. The minimum absolute atomic E-state index is 0.136. The molecule has 2 aromatic carbocycles. The molecule has 1 fully saturated rings. The molecule has 0 aliphatic carbocycles. The van der Waals surface area contributed by atoms with Crippen molar-refractivity contribution in [3.8, 4) is 0 Å². The first-order chi connectivity index (χ1) is 12.0. The fourth-order valence-corrected chi connectivity index (χ4v) is 3.46. The van der Waals surface area contributed by atoms with Crippen LogP contribution in [0.25, 0.3) is 0 Å². The Morgan fingerprint density at radius 1 is 1.08 bits per heavy atom. The molecule has 2 amide bonds. The van der Waals surface area contributed by atoms with Crippen LogP contribution in [-0.2, 0) is 16.1 Å². The number of hydrogen-bond acceptors (Lipinski definition) is 4. The number of likely N-dealkylation sites (N-methyl/N-ethyl adjacent to an activating group) is 1. The van der Waals surface area contributed by atoms with E-state index in [0.29, 0.717) is 12.2 Å². The third-order valence-corrected chi connectivity index (χ3v) is 5.28. The summed E-state index contributed by atoms with van der Waals surface area (Å²) in [6, 6.07) is 15.4. The lowest BCUT2D eigenvalue weighted by molar-refractivity contribution is -0.122. The Morgan fingerprint density at radius 2 is 1.72 bits per heavy atom. The van der Waals surface area contributed by atoms with Crippen molar-refractivity contribution in [3.05, 3.63) is 59.7 Å². The van der Waals surface area contributed by atoms with Gasteiger partial charge in [-0.25, -0.2) is 4.90 Å². The number of aryl methyl sites for hydroxylation is 1. The third kappa shape index (κ3) is 3.78.